The van der Waals surface area contributed by atoms with E-state index < -0.39 is 18.0 Å². The van der Waals surface area contributed by atoms with E-state index in [1.165, 1.54) is 6.08 Å². The SMILES string of the molecule is C=CCC(NC(=O)NC1CCCOC1)C(=O)O. The number of carbonyl (C=O) groups is 2. The van der Waals surface area contributed by atoms with Crippen LogP contribution >= 0.6 is 0 Å². The fraction of sp³-hybridized carbons (Fsp3) is 0.636. The number of ether oxygens (including phenoxy) is 1. The largest absolute Gasteiger partial charge is 0.480 e. The molecule has 1 heterocycles. The van der Waals surface area contributed by atoms with Crippen molar-refractivity contribution in [1.82, 2.24) is 10.6 Å². The summed E-state index contributed by atoms with van der Waals surface area (Å²) < 4.78 is 5.21. The molecule has 0 aromatic heterocycles. The molecule has 0 saturated carbocycles. The third-order valence-electron chi connectivity index (χ3n) is 2.50. The van der Waals surface area contributed by atoms with Gasteiger partial charge in [-0.3, -0.25) is 0 Å². The highest BCUT2D eigenvalue weighted by molar-refractivity contribution is 5.82. The molecular weight excluding hydrogens is 224 g/mol. The zero-order valence-corrected chi connectivity index (χ0v) is 9.65. The third-order valence-corrected chi connectivity index (χ3v) is 2.50. The highest BCUT2D eigenvalue weighted by Gasteiger charge is 2.21. The predicted molar refractivity (Wildman–Crippen MR) is 61.7 cm³/mol. The number of nitrogens with one attached hydrogen (secondary N) is 2. The van der Waals surface area contributed by atoms with Crippen LogP contribution in [0.25, 0.3) is 0 Å². The predicted octanol–water partition coefficient (Wildman–Crippen LogP) is 0.494. The number of amides is 2. The Labute approximate surface area is 100 Å². The van der Waals surface area contributed by atoms with Crippen LogP contribution in [0.2, 0.25) is 0 Å². The Bertz CT molecular complexity index is 287. The first kappa shape index (κ1) is 13.5. The molecule has 6 nitrogen and oxygen atoms in total. The molecule has 17 heavy (non-hydrogen) atoms. The Kier molecular flexibility index (Phi) is 5.48. The van der Waals surface area contributed by atoms with Gasteiger partial charge in [0.15, 0.2) is 0 Å². The number of rotatable bonds is 5. The van der Waals surface area contributed by atoms with E-state index in [-0.39, 0.29) is 12.5 Å². The third kappa shape index (κ3) is 4.86. The Morgan fingerprint density at radius 3 is 2.88 bits per heavy atom. The van der Waals surface area contributed by atoms with Crippen molar-refractivity contribution in [3.63, 3.8) is 0 Å². The average Bonchev–Trinajstić information content (AvgIpc) is 2.29. The van der Waals surface area contributed by atoms with Crippen molar-refractivity contribution in [1.29, 1.82) is 0 Å². The summed E-state index contributed by atoms with van der Waals surface area (Å²) in [6, 6.07) is -1.45. The number of aliphatic carboxylic acids is 1. The molecule has 0 bridgehead atoms. The first-order valence-corrected chi connectivity index (χ1v) is 5.62. The van der Waals surface area contributed by atoms with Crippen LogP contribution in [-0.4, -0.2) is 42.4 Å². The molecule has 0 radical (unpaired) electrons. The summed E-state index contributed by atoms with van der Waals surface area (Å²) in [5.41, 5.74) is 0. The van der Waals surface area contributed by atoms with Gasteiger partial charge in [-0.2, -0.15) is 0 Å². The summed E-state index contributed by atoms with van der Waals surface area (Å²) in [4.78, 5) is 22.3. The molecule has 0 spiro atoms. The molecule has 1 fully saturated rings. The van der Waals surface area contributed by atoms with E-state index >= 15 is 0 Å². The van der Waals surface area contributed by atoms with Gasteiger partial charge >= 0.3 is 12.0 Å². The monoisotopic (exact) mass is 242 g/mol. The lowest BCUT2D eigenvalue weighted by Gasteiger charge is -2.24. The molecule has 1 aliphatic heterocycles. The second-order valence-electron chi connectivity index (χ2n) is 3.95. The van der Waals surface area contributed by atoms with E-state index in [4.69, 9.17) is 9.84 Å². The van der Waals surface area contributed by atoms with Crippen LogP contribution < -0.4 is 10.6 Å². The topological polar surface area (TPSA) is 87.7 Å². The van der Waals surface area contributed by atoms with Gasteiger partial charge in [-0.05, 0) is 19.3 Å². The van der Waals surface area contributed by atoms with Crippen molar-refractivity contribution >= 4 is 12.0 Å². The normalized spacial score (nSPS) is 21.3. The Hall–Kier alpha value is -1.56. The molecule has 6 heteroatoms. The van der Waals surface area contributed by atoms with Gasteiger partial charge in [0.1, 0.15) is 6.04 Å². The second kappa shape index (κ2) is 6.90. The lowest BCUT2D eigenvalue weighted by molar-refractivity contribution is -0.139. The summed E-state index contributed by atoms with van der Waals surface area (Å²) in [7, 11) is 0. The Morgan fingerprint density at radius 2 is 2.35 bits per heavy atom. The molecule has 1 aliphatic rings. The van der Waals surface area contributed by atoms with Crippen LogP contribution in [0.4, 0.5) is 4.79 Å². The van der Waals surface area contributed by atoms with E-state index in [2.05, 4.69) is 17.2 Å². The Morgan fingerprint density at radius 1 is 1.59 bits per heavy atom. The molecule has 2 amide bonds. The van der Waals surface area contributed by atoms with E-state index in [0.717, 1.165) is 12.8 Å². The average molecular weight is 242 g/mol. The number of hydrogen-bond donors (Lipinski definition) is 3. The number of carboxylic acid groups (broad SMARTS) is 1. The van der Waals surface area contributed by atoms with Crippen LogP contribution in [0.15, 0.2) is 12.7 Å². The molecule has 96 valence electrons. The molecule has 3 N–H and O–H groups in total. The summed E-state index contributed by atoms with van der Waals surface area (Å²) in [5.74, 6) is -1.07. The zero-order chi connectivity index (χ0) is 12.7. The highest BCUT2D eigenvalue weighted by Crippen LogP contribution is 2.05. The maximum atomic E-state index is 11.5. The minimum Gasteiger partial charge on any atom is -0.480 e. The van der Waals surface area contributed by atoms with Crippen LogP contribution in [0, 0.1) is 0 Å². The van der Waals surface area contributed by atoms with Gasteiger partial charge < -0.3 is 20.5 Å². The molecular formula is C11H18N2O4. The van der Waals surface area contributed by atoms with Crippen LogP contribution in [0.3, 0.4) is 0 Å². The van der Waals surface area contributed by atoms with Crippen molar-refractivity contribution in [2.24, 2.45) is 0 Å². The molecule has 2 unspecified atom stereocenters. The number of urea groups is 1. The van der Waals surface area contributed by atoms with E-state index in [1.54, 1.807) is 0 Å². The smallest absolute Gasteiger partial charge is 0.326 e. The molecule has 2 atom stereocenters. The maximum Gasteiger partial charge on any atom is 0.326 e. The molecule has 1 saturated heterocycles. The number of carboxylic acids is 1. The molecule has 0 aromatic rings. The first-order valence-electron chi connectivity index (χ1n) is 5.62. The summed E-state index contributed by atoms with van der Waals surface area (Å²) >= 11 is 0. The second-order valence-corrected chi connectivity index (χ2v) is 3.95. The van der Waals surface area contributed by atoms with Gasteiger partial charge in [0, 0.05) is 6.61 Å². The summed E-state index contributed by atoms with van der Waals surface area (Å²) in [6.45, 7) is 4.65. The van der Waals surface area contributed by atoms with Gasteiger partial charge in [0.05, 0.1) is 12.6 Å². The van der Waals surface area contributed by atoms with Crippen molar-refractivity contribution in [2.75, 3.05) is 13.2 Å². The van der Waals surface area contributed by atoms with Crippen LogP contribution in [0.5, 0.6) is 0 Å². The molecule has 0 aromatic carbocycles. The standard InChI is InChI=1S/C11H18N2O4/c1-2-4-9(10(14)15)13-11(16)12-8-5-3-6-17-7-8/h2,8-9H,1,3-7H2,(H,14,15)(H2,12,13,16). The quantitative estimate of drug-likeness (QED) is 0.612. The number of hydrogen-bond acceptors (Lipinski definition) is 3. The van der Waals surface area contributed by atoms with Crippen molar-refractivity contribution < 1.29 is 19.4 Å². The summed E-state index contributed by atoms with van der Waals surface area (Å²) in [6.07, 6.45) is 3.42. The first-order chi connectivity index (χ1) is 8.13. The fourth-order valence-electron chi connectivity index (χ4n) is 1.63. The number of carbonyl (C=O) groups excluding carboxylic acids is 1. The lowest BCUT2D eigenvalue weighted by Crippen LogP contribution is -2.50. The lowest BCUT2D eigenvalue weighted by atomic mass is 10.1. The molecule has 1 rings (SSSR count). The van der Waals surface area contributed by atoms with Crippen molar-refractivity contribution in [3.05, 3.63) is 12.7 Å². The van der Waals surface area contributed by atoms with Crippen molar-refractivity contribution in [2.45, 2.75) is 31.3 Å². The van der Waals surface area contributed by atoms with Gasteiger partial charge in [-0.15, -0.1) is 6.58 Å². The fourth-order valence-corrected chi connectivity index (χ4v) is 1.63. The van der Waals surface area contributed by atoms with Crippen LogP contribution in [-0.2, 0) is 9.53 Å². The minimum atomic E-state index is -1.07. The van der Waals surface area contributed by atoms with E-state index in [9.17, 15) is 9.59 Å². The minimum absolute atomic E-state index is 0.0399. The maximum absolute atomic E-state index is 11.5. The van der Waals surface area contributed by atoms with Crippen molar-refractivity contribution in [3.8, 4) is 0 Å². The molecule has 0 aliphatic carbocycles. The van der Waals surface area contributed by atoms with Crippen LogP contribution in [0.1, 0.15) is 19.3 Å². The van der Waals surface area contributed by atoms with Gasteiger partial charge in [-0.25, -0.2) is 9.59 Å². The summed E-state index contributed by atoms with van der Waals surface area (Å²) in [5, 5.41) is 13.9. The van der Waals surface area contributed by atoms with Gasteiger partial charge in [0.2, 0.25) is 0 Å². The van der Waals surface area contributed by atoms with E-state index in [0.29, 0.717) is 13.2 Å². The van der Waals surface area contributed by atoms with E-state index in [1.807, 2.05) is 0 Å². The zero-order valence-electron chi connectivity index (χ0n) is 9.65. The Balaban J connectivity index is 2.35. The highest BCUT2D eigenvalue weighted by atomic mass is 16.5. The van der Waals surface area contributed by atoms with Gasteiger partial charge in [-0.1, -0.05) is 6.08 Å². The van der Waals surface area contributed by atoms with Gasteiger partial charge in [0.25, 0.3) is 0 Å².